The molecular weight excluding hydrogens is 345 g/mol. The van der Waals surface area contributed by atoms with E-state index >= 15 is 0 Å². The van der Waals surface area contributed by atoms with E-state index < -0.39 is 4.92 Å². The van der Waals surface area contributed by atoms with Crippen LogP contribution in [0.5, 0.6) is 0 Å². The number of thiocarbonyl (C=S) groups is 1. The van der Waals surface area contributed by atoms with E-state index in [4.69, 9.17) is 35.4 Å². The van der Waals surface area contributed by atoms with Crippen molar-refractivity contribution < 1.29 is 4.92 Å². The van der Waals surface area contributed by atoms with Crippen molar-refractivity contribution in [2.24, 2.45) is 0 Å². The fourth-order valence-corrected chi connectivity index (χ4v) is 2.19. The lowest BCUT2D eigenvalue weighted by Crippen LogP contribution is -2.27. The van der Waals surface area contributed by atoms with E-state index in [1.54, 1.807) is 18.2 Å². The van der Waals surface area contributed by atoms with Gasteiger partial charge in [-0.25, -0.2) is 0 Å². The smallest absolute Gasteiger partial charge is 0.289 e. The molecule has 0 radical (unpaired) electrons. The summed E-state index contributed by atoms with van der Waals surface area (Å²) in [6.07, 6.45) is 0. The van der Waals surface area contributed by atoms with Crippen LogP contribution in [0.2, 0.25) is 10.0 Å². The van der Waals surface area contributed by atoms with Crippen LogP contribution in [-0.4, -0.2) is 10.0 Å². The molecule has 2 aromatic rings. The van der Waals surface area contributed by atoms with Crippen molar-refractivity contribution in [3.63, 3.8) is 0 Å². The van der Waals surface area contributed by atoms with Crippen LogP contribution in [0.1, 0.15) is 5.56 Å². The first-order valence-corrected chi connectivity index (χ1v) is 7.35. The highest BCUT2D eigenvalue weighted by atomic mass is 35.5. The van der Waals surface area contributed by atoms with E-state index in [0.29, 0.717) is 22.4 Å². The molecule has 0 saturated carbocycles. The Labute approximate surface area is 142 Å². The SMILES string of the molecule is O=[N+]([O-])c1cc(NC(=S)NCc2ccc(Cl)cc2)ccc1Cl. The normalized spacial score (nSPS) is 10.1. The Balaban J connectivity index is 1.96. The lowest BCUT2D eigenvalue weighted by Gasteiger charge is -2.11. The van der Waals surface area contributed by atoms with Gasteiger partial charge in [0.15, 0.2) is 5.11 Å². The molecule has 22 heavy (non-hydrogen) atoms. The van der Waals surface area contributed by atoms with Gasteiger partial charge in [0.05, 0.1) is 4.92 Å². The number of anilines is 1. The van der Waals surface area contributed by atoms with Crippen molar-refractivity contribution in [2.75, 3.05) is 5.32 Å². The minimum Gasteiger partial charge on any atom is -0.358 e. The van der Waals surface area contributed by atoms with Gasteiger partial charge < -0.3 is 10.6 Å². The molecule has 114 valence electrons. The lowest BCUT2D eigenvalue weighted by molar-refractivity contribution is -0.384. The fraction of sp³-hybridized carbons (Fsp3) is 0.0714. The topological polar surface area (TPSA) is 67.2 Å². The maximum absolute atomic E-state index is 10.8. The number of hydrogen-bond donors (Lipinski definition) is 2. The Morgan fingerprint density at radius 1 is 1.18 bits per heavy atom. The molecule has 2 aromatic carbocycles. The van der Waals surface area contributed by atoms with Gasteiger partial charge in [-0.3, -0.25) is 10.1 Å². The summed E-state index contributed by atoms with van der Waals surface area (Å²) in [5.41, 5.74) is 1.33. The largest absolute Gasteiger partial charge is 0.358 e. The monoisotopic (exact) mass is 355 g/mol. The number of nitrogens with one attached hydrogen (secondary N) is 2. The Morgan fingerprint density at radius 3 is 2.50 bits per heavy atom. The molecule has 0 fully saturated rings. The molecule has 0 saturated heterocycles. The van der Waals surface area contributed by atoms with E-state index in [-0.39, 0.29) is 10.7 Å². The summed E-state index contributed by atoms with van der Waals surface area (Å²) in [5, 5.41) is 17.8. The summed E-state index contributed by atoms with van der Waals surface area (Å²) in [6, 6.07) is 11.7. The predicted octanol–water partition coefficient (Wildman–Crippen LogP) is 4.39. The maximum atomic E-state index is 10.8. The van der Waals surface area contributed by atoms with Crippen LogP contribution >= 0.6 is 35.4 Å². The van der Waals surface area contributed by atoms with Gasteiger partial charge >= 0.3 is 0 Å². The molecule has 2 N–H and O–H groups in total. The van der Waals surface area contributed by atoms with Crippen molar-refractivity contribution in [1.29, 1.82) is 0 Å². The van der Waals surface area contributed by atoms with Gasteiger partial charge in [-0.1, -0.05) is 35.3 Å². The number of rotatable bonds is 4. The number of nitro benzene ring substituents is 1. The van der Waals surface area contributed by atoms with Crippen LogP contribution in [-0.2, 0) is 6.54 Å². The summed E-state index contributed by atoms with van der Waals surface area (Å²) in [7, 11) is 0. The summed E-state index contributed by atoms with van der Waals surface area (Å²) >= 11 is 16.7. The van der Waals surface area contributed by atoms with Gasteiger partial charge in [0, 0.05) is 23.3 Å². The molecule has 0 aliphatic carbocycles. The molecular formula is C14H11Cl2N3O2S. The van der Waals surface area contributed by atoms with Crippen LogP contribution in [0.3, 0.4) is 0 Å². The highest BCUT2D eigenvalue weighted by Gasteiger charge is 2.13. The van der Waals surface area contributed by atoms with Gasteiger partial charge in [0.2, 0.25) is 0 Å². The van der Waals surface area contributed by atoms with Crippen molar-refractivity contribution in [3.8, 4) is 0 Å². The maximum Gasteiger partial charge on any atom is 0.289 e. The van der Waals surface area contributed by atoms with Gasteiger partial charge in [-0.2, -0.15) is 0 Å². The van der Waals surface area contributed by atoms with Crippen LogP contribution in [0.25, 0.3) is 0 Å². The minimum atomic E-state index is -0.544. The zero-order chi connectivity index (χ0) is 16.1. The van der Waals surface area contributed by atoms with E-state index in [1.807, 2.05) is 12.1 Å². The number of hydrogen-bond acceptors (Lipinski definition) is 3. The van der Waals surface area contributed by atoms with Crippen LogP contribution in [0.15, 0.2) is 42.5 Å². The molecule has 0 spiro atoms. The molecule has 2 rings (SSSR count). The van der Waals surface area contributed by atoms with Crippen molar-refractivity contribution in [2.45, 2.75) is 6.54 Å². The Hall–Kier alpha value is -1.89. The molecule has 0 atom stereocenters. The molecule has 0 aliphatic rings. The fourth-order valence-electron chi connectivity index (χ4n) is 1.69. The second-order valence-corrected chi connectivity index (χ2v) is 5.61. The van der Waals surface area contributed by atoms with E-state index in [9.17, 15) is 10.1 Å². The Bertz CT molecular complexity index is 708. The van der Waals surface area contributed by atoms with Crippen LogP contribution < -0.4 is 10.6 Å². The first-order valence-electron chi connectivity index (χ1n) is 6.19. The van der Waals surface area contributed by atoms with Gasteiger partial charge in [-0.05, 0) is 42.0 Å². The summed E-state index contributed by atoms with van der Waals surface area (Å²) < 4.78 is 0. The predicted molar refractivity (Wildman–Crippen MR) is 92.6 cm³/mol. The number of nitrogens with zero attached hydrogens (tertiary/aromatic N) is 1. The van der Waals surface area contributed by atoms with Gasteiger partial charge in [0.25, 0.3) is 5.69 Å². The molecule has 8 heteroatoms. The Kier molecular flexibility index (Phi) is 5.54. The molecule has 0 amide bonds. The molecule has 0 bridgehead atoms. The van der Waals surface area contributed by atoms with E-state index in [0.717, 1.165) is 5.56 Å². The highest BCUT2D eigenvalue weighted by molar-refractivity contribution is 7.80. The summed E-state index contributed by atoms with van der Waals surface area (Å²) in [4.78, 5) is 10.3. The standard InChI is InChI=1S/C14H11Cl2N3O2S/c15-10-3-1-9(2-4-10)8-17-14(22)18-11-5-6-12(16)13(7-11)19(20)21/h1-7H,8H2,(H2,17,18,22). The zero-order valence-corrected chi connectivity index (χ0v) is 13.5. The second-order valence-electron chi connectivity index (χ2n) is 4.36. The zero-order valence-electron chi connectivity index (χ0n) is 11.2. The molecule has 5 nitrogen and oxygen atoms in total. The first kappa shape index (κ1) is 16.5. The average Bonchev–Trinajstić information content (AvgIpc) is 2.48. The molecule has 0 aliphatic heterocycles. The van der Waals surface area contributed by atoms with Gasteiger partial charge in [0.1, 0.15) is 5.02 Å². The number of benzene rings is 2. The lowest BCUT2D eigenvalue weighted by atomic mass is 10.2. The Morgan fingerprint density at radius 2 is 1.86 bits per heavy atom. The van der Waals surface area contributed by atoms with Crippen LogP contribution in [0, 0.1) is 10.1 Å². The molecule has 0 unspecified atom stereocenters. The van der Waals surface area contributed by atoms with E-state index in [2.05, 4.69) is 10.6 Å². The average molecular weight is 356 g/mol. The summed E-state index contributed by atoms with van der Waals surface area (Å²) in [6.45, 7) is 0.513. The summed E-state index contributed by atoms with van der Waals surface area (Å²) in [5.74, 6) is 0. The minimum absolute atomic E-state index is 0.0793. The third kappa shape index (κ3) is 4.56. The number of halogens is 2. The quantitative estimate of drug-likeness (QED) is 0.483. The van der Waals surface area contributed by atoms with Crippen molar-refractivity contribution >= 4 is 51.9 Å². The highest BCUT2D eigenvalue weighted by Crippen LogP contribution is 2.27. The third-order valence-electron chi connectivity index (χ3n) is 2.77. The van der Waals surface area contributed by atoms with Crippen LogP contribution in [0.4, 0.5) is 11.4 Å². The molecule has 0 heterocycles. The van der Waals surface area contributed by atoms with E-state index in [1.165, 1.54) is 12.1 Å². The molecule has 0 aromatic heterocycles. The first-order chi connectivity index (χ1) is 10.5. The van der Waals surface area contributed by atoms with Crippen molar-refractivity contribution in [3.05, 3.63) is 68.2 Å². The number of nitro groups is 1. The third-order valence-corrected chi connectivity index (χ3v) is 3.59. The second kappa shape index (κ2) is 7.40. The van der Waals surface area contributed by atoms with Crippen molar-refractivity contribution in [1.82, 2.24) is 5.32 Å². The van der Waals surface area contributed by atoms with Gasteiger partial charge in [-0.15, -0.1) is 0 Å².